The van der Waals surface area contributed by atoms with E-state index in [1.165, 1.54) is 28.6 Å². The molecule has 1 amide bonds. The van der Waals surface area contributed by atoms with Crippen LogP contribution >= 0.6 is 23.1 Å². The van der Waals surface area contributed by atoms with Crippen molar-refractivity contribution in [2.75, 3.05) is 12.3 Å². The maximum atomic E-state index is 12.8. The van der Waals surface area contributed by atoms with E-state index in [4.69, 9.17) is 4.98 Å². The minimum absolute atomic E-state index is 0.0148. The van der Waals surface area contributed by atoms with Gasteiger partial charge in [-0.1, -0.05) is 32.5 Å². The Morgan fingerprint density at radius 2 is 2.04 bits per heavy atom. The topological polar surface area (TPSA) is 64.0 Å². The van der Waals surface area contributed by atoms with Crippen LogP contribution in [0.2, 0.25) is 0 Å². The van der Waals surface area contributed by atoms with Crippen LogP contribution in [-0.4, -0.2) is 27.8 Å². The fourth-order valence-corrected chi connectivity index (χ4v) is 5.26. The third-order valence-corrected chi connectivity index (χ3v) is 6.90. The fraction of sp³-hybridized carbons (Fsp3) is 0.632. The second-order valence-corrected chi connectivity index (χ2v) is 10.1. The third-order valence-electron chi connectivity index (χ3n) is 4.68. The lowest BCUT2D eigenvalue weighted by atomic mass is 9.92. The number of hydrogen-bond acceptors (Lipinski definition) is 5. The molecule has 0 unspecified atom stereocenters. The molecule has 2 heterocycles. The Morgan fingerprint density at radius 1 is 1.31 bits per heavy atom. The van der Waals surface area contributed by atoms with Gasteiger partial charge in [0.15, 0.2) is 5.16 Å². The van der Waals surface area contributed by atoms with E-state index in [1.54, 1.807) is 23.0 Å². The molecule has 0 radical (unpaired) electrons. The van der Waals surface area contributed by atoms with Crippen molar-refractivity contribution in [1.82, 2.24) is 14.9 Å². The minimum atomic E-state index is -0.0148. The Balaban J connectivity index is 1.72. The molecule has 0 spiro atoms. The first kappa shape index (κ1) is 19.4. The van der Waals surface area contributed by atoms with Crippen molar-refractivity contribution >= 4 is 39.2 Å². The molecule has 1 aliphatic carbocycles. The van der Waals surface area contributed by atoms with Gasteiger partial charge in [0, 0.05) is 18.5 Å². The molecule has 5 nitrogen and oxygen atoms in total. The van der Waals surface area contributed by atoms with Crippen LogP contribution in [-0.2, 0) is 24.7 Å². The van der Waals surface area contributed by atoms with E-state index in [0.717, 1.165) is 35.9 Å². The quantitative estimate of drug-likeness (QED) is 0.624. The summed E-state index contributed by atoms with van der Waals surface area (Å²) in [6.45, 7) is 7.14. The van der Waals surface area contributed by atoms with Gasteiger partial charge >= 0.3 is 0 Å². The Labute approximate surface area is 162 Å². The average Bonchev–Trinajstić information content (AvgIpc) is 2.94. The van der Waals surface area contributed by atoms with Crippen LogP contribution < -0.4 is 10.9 Å². The van der Waals surface area contributed by atoms with Gasteiger partial charge in [-0.05, 0) is 43.1 Å². The van der Waals surface area contributed by atoms with E-state index in [0.29, 0.717) is 11.7 Å². The Hall–Kier alpha value is -1.34. The van der Waals surface area contributed by atoms with Crippen molar-refractivity contribution < 1.29 is 4.79 Å². The summed E-state index contributed by atoms with van der Waals surface area (Å²) in [4.78, 5) is 31.7. The zero-order valence-electron chi connectivity index (χ0n) is 16.0. The summed E-state index contributed by atoms with van der Waals surface area (Å²) >= 11 is 2.98. The van der Waals surface area contributed by atoms with E-state index in [-0.39, 0.29) is 22.6 Å². The monoisotopic (exact) mass is 393 g/mol. The average molecular weight is 394 g/mol. The maximum absolute atomic E-state index is 12.8. The largest absolute Gasteiger partial charge is 0.355 e. The van der Waals surface area contributed by atoms with Gasteiger partial charge in [0.05, 0.1) is 11.1 Å². The smallest absolute Gasteiger partial charge is 0.262 e. The van der Waals surface area contributed by atoms with Crippen molar-refractivity contribution in [2.45, 2.75) is 58.0 Å². The molecule has 0 aromatic carbocycles. The molecular formula is C19H27N3O2S2. The molecule has 0 bridgehead atoms. The number of aryl methyl sites for hydroxylation is 2. The van der Waals surface area contributed by atoms with Gasteiger partial charge in [-0.3, -0.25) is 14.2 Å². The van der Waals surface area contributed by atoms with E-state index in [9.17, 15) is 9.59 Å². The second-order valence-electron chi connectivity index (χ2n) is 8.10. The predicted molar refractivity (Wildman–Crippen MR) is 109 cm³/mol. The van der Waals surface area contributed by atoms with Gasteiger partial charge in [-0.15, -0.1) is 11.3 Å². The molecule has 0 atom stereocenters. The summed E-state index contributed by atoms with van der Waals surface area (Å²) in [7, 11) is 1.75. The van der Waals surface area contributed by atoms with Crippen LogP contribution in [0.15, 0.2) is 9.95 Å². The molecule has 0 aliphatic heterocycles. The fourth-order valence-electron chi connectivity index (χ4n) is 3.15. The third kappa shape index (κ3) is 4.31. The number of thioether (sulfide) groups is 1. The van der Waals surface area contributed by atoms with Crippen LogP contribution in [0.25, 0.3) is 10.2 Å². The number of carbonyl (C=O) groups is 1. The molecule has 0 saturated carbocycles. The highest BCUT2D eigenvalue weighted by Gasteiger charge is 2.21. The van der Waals surface area contributed by atoms with Gasteiger partial charge < -0.3 is 5.32 Å². The molecule has 7 heteroatoms. The number of hydrogen-bond donors (Lipinski definition) is 1. The number of thiophene rings is 1. The normalized spacial score (nSPS) is 14.5. The number of carbonyl (C=O) groups excluding carboxylic acids is 1. The van der Waals surface area contributed by atoms with Crippen LogP contribution in [0.3, 0.4) is 0 Å². The second kappa shape index (κ2) is 7.72. The first-order valence-electron chi connectivity index (χ1n) is 9.17. The van der Waals surface area contributed by atoms with E-state index in [1.807, 2.05) is 0 Å². The van der Waals surface area contributed by atoms with Crippen LogP contribution in [0.5, 0.6) is 0 Å². The lowest BCUT2D eigenvalue weighted by Crippen LogP contribution is -2.29. The number of fused-ring (bicyclic) bond motifs is 3. The minimum Gasteiger partial charge on any atom is -0.355 e. The standard InChI is InChI=1S/C19H27N3O2S2/c1-19(2,3)9-10-20-14(23)11-25-18-21-16-15(17(24)22(18)4)12-7-5-6-8-13(12)26-16/h5-11H2,1-4H3,(H,20,23). The van der Waals surface area contributed by atoms with Gasteiger partial charge in [0.1, 0.15) is 4.83 Å². The molecule has 0 fully saturated rings. The summed E-state index contributed by atoms with van der Waals surface area (Å²) in [5, 5.41) is 4.36. The number of amides is 1. The number of rotatable bonds is 5. The number of nitrogens with one attached hydrogen (secondary N) is 1. The van der Waals surface area contributed by atoms with Crippen molar-refractivity contribution in [3.05, 3.63) is 20.8 Å². The molecule has 1 aliphatic rings. The lowest BCUT2D eigenvalue weighted by molar-refractivity contribution is -0.118. The molecule has 0 saturated heterocycles. The van der Waals surface area contributed by atoms with Gasteiger partial charge in [0.25, 0.3) is 5.56 Å². The van der Waals surface area contributed by atoms with Crippen molar-refractivity contribution in [3.8, 4) is 0 Å². The first-order valence-corrected chi connectivity index (χ1v) is 11.0. The molecule has 2 aromatic rings. The van der Waals surface area contributed by atoms with Crippen LogP contribution in [0.1, 0.15) is 50.5 Å². The lowest BCUT2D eigenvalue weighted by Gasteiger charge is -2.18. The van der Waals surface area contributed by atoms with Gasteiger partial charge in [-0.2, -0.15) is 0 Å². The van der Waals surface area contributed by atoms with Crippen LogP contribution in [0.4, 0.5) is 0 Å². The zero-order valence-corrected chi connectivity index (χ0v) is 17.6. The number of nitrogens with zero attached hydrogens (tertiary/aromatic N) is 2. The summed E-state index contributed by atoms with van der Waals surface area (Å²) in [6.07, 6.45) is 5.31. The SMILES string of the molecule is Cn1c(SCC(=O)NCCC(C)(C)C)nc2sc3c(c2c1=O)CCCC3. The Kier molecular flexibility index (Phi) is 5.77. The van der Waals surface area contributed by atoms with E-state index in [2.05, 4.69) is 26.1 Å². The van der Waals surface area contributed by atoms with Crippen molar-refractivity contribution in [3.63, 3.8) is 0 Å². The van der Waals surface area contributed by atoms with Gasteiger partial charge in [0.2, 0.25) is 5.91 Å². The maximum Gasteiger partial charge on any atom is 0.262 e. The van der Waals surface area contributed by atoms with Gasteiger partial charge in [-0.25, -0.2) is 4.98 Å². The van der Waals surface area contributed by atoms with Crippen molar-refractivity contribution in [2.24, 2.45) is 12.5 Å². The molecule has 3 rings (SSSR count). The Bertz CT molecular complexity index is 878. The zero-order chi connectivity index (χ0) is 18.9. The molecular weight excluding hydrogens is 366 g/mol. The summed E-state index contributed by atoms with van der Waals surface area (Å²) in [6, 6.07) is 0. The van der Waals surface area contributed by atoms with E-state index < -0.39 is 0 Å². The first-order chi connectivity index (χ1) is 12.3. The Morgan fingerprint density at radius 3 is 2.77 bits per heavy atom. The highest BCUT2D eigenvalue weighted by Crippen LogP contribution is 2.34. The van der Waals surface area contributed by atoms with Crippen molar-refractivity contribution in [1.29, 1.82) is 0 Å². The van der Waals surface area contributed by atoms with E-state index >= 15 is 0 Å². The summed E-state index contributed by atoms with van der Waals surface area (Å²) < 4.78 is 1.59. The van der Waals surface area contributed by atoms with Crippen LogP contribution in [0, 0.1) is 5.41 Å². The highest BCUT2D eigenvalue weighted by molar-refractivity contribution is 7.99. The highest BCUT2D eigenvalue weighted by atomic mass is 32.2. The molecule has 1 N–H and O–H groups in total. The molecule has 142 valence electrons. The summed E-state index contributed by atoms with van der Waals surface area (Å²) in [5.74, 6) is 0.264. The predicted octanol–water partition coefficient (Wildman–Crippen LogP) is 3.52. The summed E-state index contributed by atoms with van der Waals surface area (Å²) in [5.41, 5.74) is 1.43. The molecule has 2 aromatic heterocycles. The number of aromatic nitrogens is 2. The molecule has 26 heavy (non-hydrogen) atoms.